The second kappa shape index (κ2) is 11.8. The van der Waals surface area contributed by atoms with Crippen molar-refractivity contribution in [3.8, 4) is 5.69 Å². The number of amides is 2. The molecule has 2 amide bonds. The van der Waals surface area contributed by atoms with Gasteiger partial charge in [-0.25, -0.2) is 9.48 Å². The number of rotatable bonds is 6. The molecule has 1 aliphatic rings. The second-order valence-corrected chi connectivity index (χ2v) is 9.47. The number of methoxy groups -OCH3 is 1. The van der Waals surface area contributed by atoms with Crippen LogP contribution >= 0.6 is 0 Å². The number of hydrogen-bond donors (Lipinski definition) is 2. The molecule has 0 spiro atoms. The van der Waals surface area contributed by atoms with E-state index >= 15 is 0 Å². The highest BCUT2D eigenvalue weighted by Gasteiger charge is 2.23. The van der Waals surface area contributed by atoms with Crippen LogP contribution in [0.2, 0.25) is 0 Å². The quantitative estimate of drug-likeness (QED) is 0.570. The molecule has 1 atom stereocenters. The van der Waals surface area contributed by atoms with Crippen molar-refractivity contribution in [2.24, 2.45) is 5.73 Å². The minimum Gasteiger partial charge on any atom is -0.383 e. The maximum absolute atomic E-state index is 11.1. The van der Waals surface area contributed by atoms with Crippen molar-refractivity contribution >= 4 is 11.8 Å². The van der Waals surface area contributed by atoms with Crippen molar-refractivity contribution in [2.75, 3.05) is 38.7 Å². The fourth-order valence-electron chi connectivity index (χ4n) is 3.89. The van der Waals surface area contributed by atoms with Crippen LogP contribution in [0.25, 0.3) is 5.69 Å². The summed E-state index contributed by atoms with van der Waals surface area (Å²) in [6.07, 6.45) is 4.64. The van der Waals surface area contributed by atoms with E-state index in [1.54, 1.807) is 24.2 Å². The summed E-state index contributed by atoms with van der Waals surface area (Å²) >= 11 is 0. The highest BCUT2D eigenvalue weighted by molar-refractivity contribution is 5.87. The fourth-order valence-corrected chi connectivity index (χ4v) is 3.89. The number of primary amides is 1. The van der Waals surface area contributed by atoms with Crippen LogP contribution in [0, 0.1) is 0 Å². The Balaban J connectivity index is 0.000000196. The molecule has 34 heavy (non-hydrogen) atoms. The summed E-state index contributed by atoms with van der Waals surface area (Å²) in [5, 5.41) is 7.09. The summed E-state index contributed by atoms with van der Waals surface area (Å²) in [6, 6.07) is 15.7. The van der Waals surface area contributed by atoms with Crippen molar-refractivity contribution < 1.29 is 9.53 Å². The van der Waals surface area contributed by atoms with E-state index in [9.17, 15) is 4.79 Å². The molecule has 0 bridgehead atoms. The number of hydrogen-bond acceptors (Lipinski definition) is 5. The van der Waals surface area contributed by atoms with E-state index in [2.05, 4.69) is 71.4 Å². The molecule has 1 aromatic carbocycles. The number of nitrogens with one attached hydrogen (secondary N) is 1. The SMILES string of the molecule is CC(C)(C)c1cc(NC(N)=O)n(-c2cccnc2)n1.COCCN1CCC(c2ccccc2)C1. The van der Waals surface area contributed by atoms with Crippen molar-refractivity contribution in [2.45, 2.75) is 38.5 Å². The van der Waals surface area contributed by atoms with Crippen LogP contribution in [0.4, 0.5) is 10.6 Å². The molecule has 8 heteroatoms. The number of carbonyl (C=O) groups excluding carboxylic acids is 1. The molecule has 1 aliphatic heterocycles. The molecule has 0 aliphatic carbocycles. The number of nitrogens with two attached hydrogens (primary N) is 1. The molecular weight excluding hydrogens is 428 g/mol. The second-order valence-electron chi connectivity index (χ2n) is 9.47. The summed E-state index contributed by atoms with van der Waals surface area (Å²) in [5.41, 5.74) is 8.17. The molecule has 1 saturated heterocycles. The summed E-state index contributed by atoms with van der Waals surface area (Å²) in [5.74, 6) is 1.26. The Labute approximate surface area is 202 Å². The van der Waals surface area contributed by atoms with Crippen LogP contribution in [0.15, 0.2) is 60.9 Å². The zero-order valence-corrected chi connectivity index (χ0v) is 20.6. The Morgan fingerprint density at radius 3 is 2.59 bits per heavy atom. The minimum atomic E-state index is -0.620. The van der Waals surface area contributed by atoms with Gasteiger partial charge >= 0.3 is 6.03 Å². The summed E-state index contributed by atoms with van der Waals surface area (Å²) in [4.78, 5) is 17.6. The van der Waals surface area contributed by atoms with Gasteiger partial charge in [-0.1, -0.05) is 51.1 Å². The maximum atomic E-state index is 11.1. The van der Waals surface area contributed by atoms with Gasteiger partial charge < -0.3 is 15.4 Å². The van der Waals surface area contributed by atoms with E-state index in [0.29, 0.717) is 5.82 Å². The number of pyridine rings is 1. The molecule has 3 aromatic rings. The standard InChI is InChI=1S/C13H17N5O.C13H19NO/c1-13(2,3)10-7-11(16-12(14)19)18(17-10)9-5-4-6-15-8-9;1-15-10-9-14-8-7-13(11-14)12-5-3-2-4-6-12/h4-8H,1-3H3,(H3,14,16,19);2-6,13H,7-11H2,1H3. The third-order valence-corrected chi connectivity index (χ3v) is 5.77. The molecular formula is C26H36N6O2. The summed E-state index contributed by atoms with van der Waals surface area (Å²) in [7, 11) is 1.77. The van der Waals surface area contributed by atoms with Gasteiger partial charge in [0, 0.05) is 37.9 Å². The zero-order chi connectivity index (χ0) is 24.6. The van der Waals surface area contributed by atoms with Crippen LogP contribution in [0.1, 0.15) is 44.4 Å². The van der Waals surface area contributed by atoms with Gasteiger partial charge in [0.2, 0.25) is 0 Å². The summed E-state index contributed by atoms with van der Waals surface area (Å²) < 4.78 is 6.73. The minimum absolute atomic E-state index is 0.123. The van der Waals surface area contributed by atoms with Crippen molar-refractivity contribution in [1.82, 2.24) is 19.7 Å². The molecule has 4 rings (SSSR count). The topological polar surface area (TPSA) is 98.3 Å². The first-order valence-corrected chi connectivity index (χ1v) is 11.6. The number of nitrogens with zero attached hydrogens (tertiary/aromatic N) is 4. The average Bonchev–Trinajstić information content (AvgIpc) is 3.46. The molecule has 182 valence electrons. The molecule has 3 heterocycles. The highest BCUT2D eigenvalue weighted by Crippen LogP contribution is 2.27. The molecule has 0 saturated carbocycles. The lowest BCUT2D eigenvalue weighted by Crippen LogP contribution is -2.24. The largest absolute Gasteiger partial charge is 0.383 e. The van der Waals surface area contributed by atoms with E-state index in [1.807, 2.05) is 18.2 Å². The first-order chi connectivity index (χ1) is 16.3. The molecule has 8 nitrogen and oxygen atoms in total. The predicted molar refractivity (Wildman–Crippen MR) is 135 cm³/mol. The van der Waals surface area contributed by atoms with E-state index < -0.39 is 6.03 Å². The van der Waals surface area contributed by atoms with Gasteiger partial charge in [-0.05, 0) is 36.6 Å². The number of benzene rings is 1. The Kier molecular flexibility index (Phi) is 8.79. The van der Waals surface area contributed by atoms with Gasteiger partial charge in [0.25, 0.3) is 0 Å². The van der Waals surface area contributed by atoms with Crippen molar-refractivity contribution in [3.05, 3.63) is 72.2 Å². The first-order valence-electron chi connectivity index (χ1n) is 11.6. The number of carbonyl (C=O) groups is 1. The van der Waals surface area contributed by atoms with Crippen molar-refractivity contribution in [3.63, 3.8) is 0 Å². The lowest BCUT2D eigenvalue weighted by Gasteiger charge is -2.15. The third kappa shape index (κ3) is 7.13. The molecule has 0 radical (unpaired) electrons. The number of anilines is 1. The van der Waals surface area contributed by atoms with Crippen LogP contribution < -0.4 is 11.1 Å². The predicted octanol–water partition coefficient (Wildman–Crippen LogP) is 4.18. The highest BCUT2D eigenvalue weighted by atomic mass is 16.5. The molecule has 1 fully saturated rings. The number of aromatic nitrogens is 3. The molecule has 1 unspecified atom stereocenters. The van der Waals surface area contributed by atoms with Gasteiger partial charge in [-0.2, -0.15) is 5.10 Å². The van der Waals surface area contributed by atoms with E-state index in [0.717, 1.165) is 30.5 Å². The first kappa shape index (κ1) is 25.4. The van der Waals surface area contributed by atoms with Crippen LogP contribution in [-0.2, 0) is 10.2 Å². The Hall–Kier alpha value is -3.23. The van der Waals surface area contributed by atoms with E-state index in [1.165, 1.54) is 25.1 Å². The Morgan fingerprint density at radius 2 is 1.97 bits per heavy atom. The van der Waals surface area contributed by atoms with Gasteiger partial charge in [0.15, 0.2) is 0 Å². The lowest BCUT2D eigenvalue weighted by atomic mass is 9.92. The van der Waals surface area contributed by atoms with Crippen LogP contribution in [0.5, 0.6) is 0 Å². The Bertz CT molecular complexity index is 1030. The number of likely N-dealkylation sites (tertiary alicyclic amines) is 1. The third-order valence-electron chi connectivity index (χ3n) is 5.77. The molecule has 3 N–H and O–H groups in total. The normalized spacial score (nSPS) is 16.1. The number of ether oxygens (including phenoxy) is 1. The van der Waals surface area contributed by atoms with E-state index in [-0.39, 0.29) is 5.41 Å². The fraction of sp³-hybridized carbons (Fsp3) is 0.423. The maximum Gasteiger partial charge on any atom is 0.317 e. The van der Waals surface area contributed by atoms with Gasteiger partial charge in [0.05, 0.1) is 24.2 Å². The van der Waals surface area contributed by atoms with Gasteiger partial charge in [-0.3, -0.25) is 10.3 Å². The smallest absolute Gasteiger partial charge is 0.317 e. The van der Waals surface area contributed by atoms with Crippen LogP contribution in [-0.4, -0.2) is 59.0 Å². The zero-order valence-electron chi connectivity index (χ0n) is 20.6. The Morgan fingerprint density at radius 1 is 1.21 bits per heavy atom. The van der Waals surface area contributed by atoms with Crippen LogP contribution in [0.3, 0.4) is 0 Å². The van der Waals surface area contributed by atoms with Gasteiger partial charge in [0.1, 0.15) is 5.82 Å². The van der Waals surface area contributed by atoms with Crippen molar-refractivity contribution in [1.29, 1.82) is 0 Å². The summed E-state index contributed by atoms with van der Waals surface area (Å²) in [6.45, 7) is 10.5. The number of urea groups is 1. The monoisotopic (exact) mass is 464 g/mol. The average molecular weight is 465 g/mol. The van der Waals surface area contributed by atoms with Gasteiger partial charge in [-0.15, -0.1) is 0 Å². The van der Waals surface area contributed by atoms with E-state index in [4.69, 9.17) is 10.5 Å². The lowest BCUT2D eigenvalue weighted by molar-refractivity contribution is 0.160. The molecule has 2 aromatic heterocycles.